The number of aliphatic hydroxyl groups is 1. The number of thioether (sulfide) groups is 2. The molecule has 15 nitrogen and oxygen atoms in total. The minimum absolute atomic E-state index is 0. The number of aliphatic carboxylic acids is 1. The molecule has 83 heavy (non-hydrogen) atoms. The molecule has 1 aromatic rings. The van der Waals surface area contributed by atoms with E-state index >= 15 is 9.59 Å². The summed E-state index contributed by atoms with van der Waals surface area (Å²) in [6, 6.07) is 0. The quantitative estimate of drug-likeness (QED) is 0.0438. The van der Waals surface area contributed by atoms with Gasteiger partial charge in [0.25, 0.3) is 5.97 Å². The standard InChI is InChI=1S/C63H104N4O9S2.C2H4O2.Zn/c1-24-63(22,23)58(73)74-26-28-78-39(9)55(70)67-53-49(57(72)76-51-42(61(16,17)18)31-37(7)32-43(51)62(19,20)21)47(35(4)5)45(65-53)33-44-46(34(2)3)48(52(64-44)66-54(69)38(8)77-27-25-68)56(71)75-50-40(59(10,11)12)29-36(6)30-41(50)60(13,14)15;1-2(3)4;/h33-43,50-51,68H,24-32H2,1-23H3,(H3,64,65,66,67,69,70,71,72);1H3,(H,3,4);/p-1. The van der Waals surface area contributed by atoms with Crippen molar-refractivity contribution in [3.63, 3.8) is 0 Å². The number of carboxylic acids is 1. The van der Waals surface area contributed by atoms with Gasteiger partial charge in [0, 0.05) is 61.6 Å². The van der Waals surface area contributed by atoms with E-state index in [1.165, 1.54) is 23.5 Å². The maximum atomic E-state index is 15.4. The van der Waals surface area contributed by atoms with Crippen LogP contribution in [0.1, 0.15) is 226 Å². The number of hydrogen-bond donors (Lipinski definition) is 4. The van der Waals surface area contributed by atoms with Crippen LogP contribution >= 0.6 is 23.5 Å². The molecule has 4 rings (SSSR count). The number of nitrogens with one attached hydrogen (secondary N) is 2. The van der Waals surface area contributed by atoms with Gasteiger partial charge in [0.1, 0.15) is 30.2 Å². The number of ether oxygens (including phenoxy) is 3. The average molecular weight is 1250 g/mol. The normalized spacial score (nSPS) is 23.8. The van der Waals surface area contributed by atoms with Gasteiger partial charge in [-0.05, 0) is 134 Å². The van der Waals surface area contributed by atoms with Gasteiger partial charge in [-0.2, -0.15) is 0 Å². The number of carbonyl (C=O) groups is 6. The van der Waals surface area contributed by atoms with Crippen LogP contribution in [0, 0.1) is 68.5 Å². The Balaban J connectivity index is 0.00000455. The number of esters is 3. The fourth-order valence-corrected chi connectivity index (χ4v) is 13.1. The predicted molar refractivity (Wildman–Crippen MR) is 335 cm³/mol. The van der Waals surface area contributed by atoms with E-state index in [2.05, 4.69) is 108 Å². The summed E-state index contributed by atoms with van der Waals surface area (Å²) in [5, 5.41) is 21.9. The number of carboxylic acid groups (broad SMARTS) is 1. The summed E-state index contributed by atoms with van der Waals surface area (Å²) in [6.07, 6.45) is 5.12. The number of allylic oxidation sites excluding steroid dienone is 1. The number of aliphatic imine (C=N–C) groups is 1. The van der Waals surface area contributed by atoms with E-state index in [1.54, 1.807) is 19.9 Å². The number of carbonyl (C=O) groups excluding carboxylic acids is 5. The summed E-state index contributed by atoms with van der Waals surface area (Å²) < 4.78 is 19.3. The van der Waals surface area contributed by atoms with Crippen LogP contribution in [0.15, 0.2) is 21.8 Å². The van der Waals surface area contributed by atoms with Crippen molar-refractivity contribution in [1.82, 2.24) is 10.3 Å². The van der Waals surface area contributed by atoms with Crippen LogP contribution in [0.2, 0.25) is 0 Å². The second kappa shape index (κ2) is 30.9. The molecular formula is C65H107N4O11S2Zn-. The SMILES string of the molecule is CC(=O)O.CCC(C)(C)C(=O)OCCSC(C)C(=O)NC1=NC(=Cc2[n-]c(NC(=O)C(C)SCCO)c(C(=O)OC3C(C(C)(C)C)CC(C)CC3C(C)(C)C)c2C(C)C)C(C(C)C)=C1C(=O)OC1C(C(C)(C)C)CC(C)CC1C(C)(C)C.[Zn]. The first-order valence-corrected chi connectivity index (χ1v) is 32.1. The van der Waals surface area contributed by atoms with Gasteiger partial charge >= 0.3 is 17.9 Å². The maximum absolute atomic E-state index is 15.4. The topological polar surface area (TPSA) is 221 Å². The fraction of sp³-hybridized carbons (Fsp3) is 0.769. The van der Waals surface area contributed by atoms with E-state index in [9.17, 15) is 19.5 Å². The van der Waals surface area contributed by atoms with Crippen LogP contribution in [-0.2, 0) is 57.7 Å². The number of anilines is 1. The molecule has 1 aliphatic heterocycles. The Labute approximate surface area is 521 Å². The van der Waals surface area contributed by atoms with Crippen LogP contribution in [0.5, 0.6) is 0 Å². The molecule has 0 radical (unpaired) electrons. The number of aliphatic hydroxyl groups excluding tert-OH is 1. The summed E-state index contributed by atoms with van der Waals surface area (Å²) in [5.41, 5.74) is 0.785. The fourth-order valence-electron chi connectivity index (χ4n) is 11.7. The summed E-state index contributed by atoms with van der Waals surface area (Å²) in [5.74, 6) is -1.79. The Morgan fingerprint density at radius 1 is 0.675 bits per heavy atom. The molecule has 3 aliphatic rings. The molecule has 2 heterocycles. The van der Waals surface area contributed by atoms with Crippen molar-refractivity contribution in [2.24, 2.45) is 73.5 Å². The second-order valence-electron chi connectivity index (χ2n) is 29.1. The molecule has 0 spiro atoms. The molecule has 2 saturated carbocycles. The second-order valence-corrected chi connectivity index (χ2v) is 32.0. The van der Waals surface area contributed by atoms with Crippen molar-refractivity contribution in [1.29, 1.82) is 0 Å². The molecular weight excluding hydrogens is 1140 g/mol. The first kappa shape index (κ1) is 75.6. The van der Waals surface area contributed by atoms with Gasteiger partial charge in [0.05, 0.1) is 33.8 Å². The minimum atomic E-state index is -0.833. The van der Waals surface area contributed by atoms with Crippen molar-refractivity contribution < 1.29 is 72.7 Å². The molecule has 4 N–H and O–H groups in total. The summed E-state index contributed by atoms with van der Waals surface area (Å²) in [4.78, 5) is 91.1. The van der Waals surface area contributed by atoms with Crippen molar-refractivity contribution in [2.75, 3.05) is 30.0 Å². The minimum Gasteiger partial charge on any atom is -0.481 e. The number of amides is 2. The van der Waals surface area contributed by atoms with Gasteiger partial charge in [-0.3, -0.25) is 19.2 Å². The van der Waals surface area contributed by atoms with Crippen LogP contribution in [0.4, 0.5) is 5.82 Å². The average Bonchev–Trinajstić information content (AvgIpc) is 3.60. The first-order valence-electron chi connectivity index (χ1n) is 30.0. The van der Waals surface area contributed by atoms with E-state index in [4.69, 9.17) is 34.1 Å². The monoisotopic (exact) mass is 1250 g/mol. The van der Waals surface area contributed by atoms with Gasteiger partial charge in [0.2, 0.25) is 5.91 Å². The van der Waals surface area contributed by atoms with Gasteiger partial charge in [-0.25, -0.2) is 14.6 Å². The van der Waals surface area contributed by atoms with E-state index in [1.807, 2.05) is 48.5 Å². The molecule has 6 unspecified atom stereocenters. The predicted octanol–water partition coefficient (Wildman–Crippen LogP) is 13.8. The van der Waals surface area contributed by atoms with Crippen molar-refractivity contribution in [3.05, 3.63) is 33.7 Å². The Morgan fingerprint density at radius 2 is 1.08 bits per heavy atom. The van der Waals surface area contributed by atoms with Gasteiger partial charge < -0.3 is 40.0 Å². The molecule has 1 aromatic heterocycles. The number of nitrogens with zero attached hydrogens (tertiary/aromatic N) is 2. The first-order chi connectivity index (χ1) is 37.5. The van der Waals surface area contributed by atoms with Crippen molar-refractivity contribution in [2.45, 2.75) is 227 Å². The molecule has 2 fully saturated rings. The third-order valence-corrected chi connectivity index (χ3v) is 19.1. The number of hydrogen-bond acceptors (Lipinski definition) is 13. The Bertz CT molecular complexity index is 2450. The Hall–Kier alpha value is -3.47. The van der Waals surface area contributed by atoms with Crippen LogP contribution in [-0.4, -0.2) is 99.2 Å². The molecule has 18 heteroatoms. The molecule has 0 bridgehead atoms. The Kier molecular flexibility index (Phi) is 28.2. The molecule has 468 valence electrons. The van der Waals surface area contributed by atoms with Crippen molar-refractivity contribution in [3.8, 4) is 0 Å². The van der Waals surface area contributed by atoms with Crippen LogP contribution in [0.25, 0.3) is 6.08 Å². The molecule has 0 saturated heterocycles. The van der Waals surface area contributed by atoms with Crippen LogP contribution in [0.3, 0.4) is 0 Å². The third-order valence-electron chi connectivity index (χ3n) is 16.8. The van der Waals surface area contributed by atoms with Crippen LogP contribution < -0.4 is 15.6 Å². The van der Waals surface area contributed by atoms with Gasteiger partial charge in [0.15, 0.2) is 5.91 Å². The number of rotatable bonds is 19. The zero-order chi connectivity index (χ0) is 62.9. The zero-order valence-corrected chi connectivity index (χ0v) is 60.0. The Morgan fingerprint density at radius 3 is 1.47 bits per heavy atom. The smallest absolute Gasteiger partial charge is 0.342 e. The zero-order valence-electron chi connectivity index (χ0n) is 55.4. The van der Waals surface area contributed by atoms with Gasteiger partial charge in [-0.15, -0.1) is 23.5 Å². The molecule has 6 atom stereocenters. The summed E-state index contributed by atoms with van der Waals surface area (Å²) in [7, 11) is 0. The van der Waals surface area contributed by atoms with E-state index in [0.29, 0.717) is 52.3 Å². The van der Waals surface area contributed by atoms with E-state index in [0.717, 1.165) is 32.6 Å². The summed E-state index contributed by atoms with van der Waals surface area (Å²) in [6.45, 7) is 49.2. The van der Waals surface area contributed by atoms with E-state index < -0.39 is 51.9 Å². The van der Waals surface area contributed by atoms with Gasteiger partial charge in [-0.1, -0.05) is 132 Å². The molecule has 0 aromatic carbocycles. The molecule has 2 aliphatic carbocycles. The van der Waals surface area contributed by atoms with Crippen molar-refractivity contribution >= 4 is 76.9 Å². The summed E-state index contributed by atoms with van der Waals surface area (Å²) >= 11 is 2.62. The number of amidine groups is 1. The molecule has 2 amide bonds. The number of aromatic nitrogens is 1. The van der Waals surface area contributed by atoms with E-state index in [-0.39, 0.29) is 125 Å². The maximum Gasteiger partial charge on any atom is 0.342 e. The largest absolute Gasteiger partial charge is 0.481 e. The third kappa shape index (κ3) is 20.9.